The van der Waals surface area contributed by atoms with E-state index in [1.807, 2.05) is 41.9 Å². The standard InChI is InChI=1S/C19H19FN4OS/c1-13(18(25)21-16-10-8-15(20)9-11-16)26-19-23-22-17(24(19)2)12-14-6-4-3-5-7-14/h3-11,13H,12H2,1-2H3,(H,21,25)/t13-/m0/s1. The Labute approximate surface area is 155 Å². The lowest BCUT2D eigenvalue weighted by Gasteiger charge is -2.11. The number of nitrogens with zero attached hydrogens (tertiary/aromatic N) is 3. The maximum atomic E-state index is 12.9. The third-order valence-corrected chi connectivity index (χ3v) is 5.03. The van der Waals surface area contributed by atoms with Gasteiger partial charge in [0.25, 0.3) is 0 Å². The lowest BCUT2D eigenvalue weighted by Crippen LogP contribution is -2.22. The van der Waals surface area contributed by atoms with Crippen molar-refractivity contribution in [3.05, 3.63) is 71.8 Å². The summed E-state index contributed by atoms with van der Waals surface area (Å²) < 4.78 is 14.8. The largest absolute Gasteiger partial charge is 0.325 e. The Hall–Kier alpha value is -2.67. The molecule has 0 unspecified atom stereocenters. The summed E-state index contributed by atoms with van der Waals surface area (Å²) in [7, 11) is 1.89. The van der Waals surface area contributed by atoms with Crippen molar-refractivity contribution in [3.8, 4) is 0 Å². The first-order valence-corrected chi connectivity index (χ1v) is 9.06. The summed E-state index contributed by atoms with van der Waals surface area (Å²) in [5.74, 6) is 0.328. The molecule has 0 radical (unpaired) electrons. The average Bonchev–Trinajstić information content (AvgIpc) is 2.98. The van der Waals surface area contributed by atoms with Crippen LogP contribution in [0.5, 0.6) is 0 Å². The van der Waals surface area contributed by atoms with Crippen molar-refractivity contribution in [1.29, 1.82) is 0 Å². The van der Waals surface area contributed by atoms with Crippen LogP contribution in [-0.4, -0.2) is 25.9 Å². The molecule has 0 saturated carbocycles. The van der Waals surface area contributed by atoms with Crippen LogP contribution in [0.15, 0.2) is 59.8 Å². The molecule has 0 aliphatic rings. The van der Waals surface area contributed by atoms with Gasteiger partial charge < -0.3 is 9.88 Å². The number of amides is 1. The van der Waals surface area contributed by atoms with E-state index in [9.17, 15) is 9.18 Å². The topological polar surface area (TPSA) is 59.8 Å². The zero-order chi connectivity index (χ0) is 18.5. The minimum Gasteiger partial charge on any atom is -0.325 e. The van der Waals surface area contributed by atoms with E-state index >= 15 is 0 Å². The van der Waals surface area contributed by atoms with Gasteiger partial charge in [-0.25, -0.2) is 4.39 Å². The third-order valence-electron chi connectivity index (χ3n) is 3.89. The van der Waals surface area contributed by atoms with Crippen LogP contribution in [0.4, 0.5) is 10.1 Å². The SMILES string of the molecule is C[C@H](Sc1nnc(Cc2ccccc2)n1C)C(=O)Nc1ccc(F)cc1. The predicted molar refractivity (Wildman–Crippen MR) is 101 cm³/mol. The Morgan fingerprint density at radius 1 is 1.15 bits per heavy atom. The van der Waals surface area contributed by atoms with Gasteiger partial charge in [0.05, 0.1) is 5.25 Å². The van der Waals surface area contributed by atoms with Gasteiger partial charge in [-0.2, -0.15) is 0 Å². The van der Waals surface area contributed by atoms with Crippen molar-refractivity contribution < 1.29 is 9.18 Å². The zero-order valence-electron chi connectivity index (χ0n) is 14.5. The molecule has 0 fully saturated rings. The molecule has 1 N–H and O–H groups in total. The summed E-state index contributed by atoms with van der Waals surface area (Å²) in [5.41, 5.74) is 1.72. The minimum absolute atomic E-state index is 0.172. The number of carbonyl (C=O) groups is 1. The van der Waals surface area contributed by atoms with Crippen LogP contribution in [0.3, 0.4) is 0 Å². The molecule has 0 aliphatic carbocycles. The summed E-state index contributed by atoms with van der Waals surface area (Å²) in [6.07, 6.45) is 0.682. The number of anilines is 1. The molecule has 7 heteroatoms. The fourth-order valence-corrected chi connectivity index (χ4v) is 3.20. The maximum Gasteiger partial charge on any atom is 0.237 e. The van der Waals surface area contributed by atoms with Crippen LogP contribution < -0.4 is 5.32 Å². The fraction of sp³-hybridized carbons (Fsp3) is 0.211. The van der Waals surface area contributed by atoms with Gasteiger partial charge in [-0.15, -0.1) is 10.2 Å². The highest BCUT2D eigenvalue weighted by Gasteiger charge is 2.19. The van der Waals surface area contributed by atoms with Gasteiger partial charge in [-0.05, 0) is 36.8 Å². The lowest BCUT2D eigenvalue weighted by molar-refractivity contribution is -0.115. The fourth-order valence-electron chi connectivity index (χ4n) is 2.37. The molecule has 134 valence electrons. The van der Waals surface area contributed by atoms with Gasteiger partial charge in [0.1, 0.15) is 11.6 Å². The first-order valence-electron chi connectivity index (χ1n) is 8.18. The van der Waals surface area contributed by atoms with Gasteiger partial charge in [-0.1, -0.05) is 42.1 Å². The second-order valence-corrected chi connectivity index (χ2v) is 7.18. The van der Waals surface area contributed by atoms with E-state index in [0.29, 0.717) is 17.3 Å². The van der Waals surface area contributed by atoms with Crippen molar-refractivity contribution in [2.75, 3.05) is 5.32 Å². The van der Waals surface area contributed by atoms with E-state index in [1.165, 1.54) is 36.0 Å². The number of hydrogen-bond acceptors (Lipinski definition) is 4. The molecule has 0 spiro atoms. The molecule has 1 aromatic heterocycles. The summed E-state index contributed by atoms with van der Waals surface area (Å²) >= 11 is 1.34. The Morgan fingerprint density at radius 3 is 2.54 bits per heavy atom. The van der Waals surface area contributed by atoms with Gasteiger partial charge in [0, 0.05) is 19.2 Å². The lowest BCUT2D eigenvalue weighted by atomic mass is 10.1. The molecule has 26 heavy (non-hydrogen) atoms. The molecular formula is C19H19FN4OS. The number of rotatable bonds is 6. The van der Waals surface area contributed by atoms with Crippen molar-refractivity contribution >= 4 is 23.4 Å². The molecule has 0 aliphatic heterocycles. The number of aromatic nitrogens is 3. The number of benzene rings is 2. The van der Waals surface area contributed by atoms with E-state index in [1.54, 1.807) is 6.92 Å². The van der Waals surface area contributed by atoms with Crippen LogP contribution in [0.1, 0.15) is 18.3 Å². The molecule has 5 nitrogen and oxygen atoms in total. The predicted octanol–water partition coefficient (Wildman–Crippen LogP) is 3.66. The van der Waals surface area contributed by atoms with Gasteiger partial charge in [-0.3, -0.25) is 4.79 Å². The highest BCUT2D eigenvalue weighted by atomic mass is 32.2. The van der Waals surface area contributed by atoms with Gasteiger partial charge >= 0.3 is 0 Å². The van der Waals surface area contributed by atoms with E-state index in [2.05, 4.69) is 15.5 Å². The first-order chi connectivity index (χ1) is 12.5. The molecule has 2 aromatic carbocycles. The van der Waals surface area contributed by atoms with Crippen LogP contribution in [0.25, 0.3) is 0 Å². The summed E-state index contributed by atoms with van der Waals surface area (Å²) in [5, 5.41) is 11.5. The molecule has 0 saturated heterocycles. The smallest absolute Gasteiger partial charge is 0.237 e. The Morgan fingerprint density at radius 2 is 1.85 bits per heavy atom. The Kier molecular flexibility index (Phi) is 5.68. The van der Waals surface area contributed by atoms with Gasteiger partial charge in [0.2, 0.25) is 5.91 Å². The molecule has 3 aromatic rings. The van der Waals surface area contributed by atoms with Crippen LogP contribution >= 0.6 is 11.8 Å². The number of carbonyl (C=O) groups excluding carboxylic acids is 1. The van der Waals surface area contributed by atoms with Crippen molar-refractivity contribution in [3.63, 3.8) is 0 Å². The van der Waals surface area contributed by atoms with E-state index in [4.69, 9.17) is 0 Å². The monoisotopic (exact) mass is 370 g/mol. The Bertz CT molecular complexity index is 880. The van der Waals surface area contributed by atoms with Crippen LogP contribution in [0.2, 0.25) is 0 Å². The van der Waals surface area contributed by atoms with Crippen molar-refractivity contribution in [1.82, 2.24) is 14.8 Å². The molecule has 0 bridgehead atoms. The average molecular weight is 370 g/mol. The summed E-state index contributed by atoms with van der Waals surface area (Å²) in [4.78, 5) is 12.3. The van der Waals surface area contributed by atoms with Crippen molar-refractivity contribution in [2.45, 2.75) is 23.8 Å². The normalized spacial score (nSPS) is 12.0. The van der Waals surface area contributed by atoms with Crippen LogP contribution in [-0.2, 0) is 18.3 Å². The molecular weight excluding hydrogens is 351 g/mol. The zero-order valence-corrected chi connectivity index (χ0v) is 15.3. The Balaban J connectivity index is 1.63. The van der Waals surface area contributed by atoms with Crippen molar-refractivity contribution in [2.24, 2.45) is 7.05 Å². The third kappa shape index (κ3) is 4.49. The number of halogens is 1. The minimum atomic E-state index is -0.368. The molecule has 1 atom stereocenters. The number of nitrogens with one attached hydrogen (secondary N) is 1. The highest BCUT2D eigenvalue weighted by Crippen LogP contribution is 2.23. The van der Waals surface area contributed by atoms with E-state index in [0.717, 1.165) is 11.4 Å². The van der Waals surface area contributed by atoms with Crippen LogP contribution in [0, 0.1) is 5.82 Å². The number of hydrogen-bond donors (Lipinski definition) is 1. The van der Waals surface area contributed by atoms with E-state index < -0.39 is 0 Å². The quantitative estimate of drug-likeness (QED) is 0.673. The second-order valence-electron chi connectivity index (χ2n) is 5.88. The molecule has 1 amide bonds. The number of thioether (sulfide) groups is 1. The highest BCUT2D eigenvalue weighted by molar-refractivity contribution is 8.00. The molecule has 1 heterocycles. The molecule has 3 rings (SSSR count). The second kappa shape index (κ2) is 8.14. The maximum absolute atomic E-state index is 12.9. The van der Waals surface area contributed by atoms with Gasteiger partial charge in [0.15, 0.2) is 5.16 Å². The summed E-state index contributed by atoms with van der Waals surface area (Å²) in [6.45, 7) is 1.80. The first kappa shape index (κ1) is 18.1. The van der Waals surface area contributed by atoms with E-state index in [-0.39, 0.29) is 17.0 Å². The summed E-state index contributed by atoms with van der Waals surface area (Å²) in [6, 6.07) is 15.7.